The largest absolute Gasteiger partial charge is 0.398 e. The first-order valence-electron chi connectivity index (χ1n) is 7.97. The van der Waals surface area contributed by atoms with Gasteiger partial charge in [-0.15, -0.1) is 11.8 Å². The Hall–Kier alpha value is -1.85. The van der Waals surface area contributed by atoms with E-state index >= 15 is 0 Å². The Morgan fingerprint density at radius 3 is 2.22 bits per heavy atom. The number of rotatable bonds is 5. The minimum atomic E-state index is -0.526. The number of anilines is 2. The van der Waals surface area contributed by atoms with Crippen molar-refractivity contribution in [2.45, 2.75) is 10.1 Å². The molecule has 3 N–H and O–H groups in total. The number of hydrogen-bond donors (Lipinski definition) is 2. The van der Waals surface area contributed by atoms with Crippen LogP contribution >= 0.6 is 46.6 Å². The van der Waals surface area contributed by atoms with E-state index < -0.39 is 5.25 Å². The zero-order chi connectivity index (χ0) is 19.4. The van der Waals surface area contributed by atoms with Gasteiger partial charge in [0.05, 0.1) is 20.8 Å². The Morgan fingerprint density at radius 1 is 0.889 bits per heavy atom. The molecule has 0 aliphatic carbocycles. The second kappa shape index (κ2) is 8.89. The molecular weight excluding hydrogens is 423 g/mol. The van der Waals surface area contributed by atoms with Crippen molar-refractivity contribution in [3.63, 3.8) is 0 Å². The summed E-state index contributed by atoms with van der Waals surface area (Å²) in [6, 6.07) is 19.9. The smallest absolute Gasteiger partial charge is 0.242 e. The van der Waals surface area contributed by atoms with Gasteiger partial charge >= 0.3 is 0 Å². The van der Waals surface area contributed by atoms with Crippen LogP contribution in [0.5, 0.6) is 0 Å². The summed E-state index contributed by atoms with van der Waals surface area (Å²) in [6.07, 6.45) is 0. The van der Waals surface area contributed by atoms with Crippen molar-refractivity contribution in [1.82, 2.24) is 0 Å². The number of amides is 1. The molecule has 138 valence electrons. The first-order chi connectivity index (χ1) is 13.0. The molecule has 0 saturated carbocycles. The third-order valence-electron chi connectivity index (χ3n) is 3.77. The van der Waals surface area contributed by atoms with Gasteiger partial charge in [0.25, 0.3) is 0 Å². The first kappa shape index (κ1) is 19.9. The second-order valence-corrected chi connectivity index (χ2v) is 8.05. The van der Waals surface area contributed by atoms with Gasteiger partial charge in [-0.2, -0.15) is 0 Å². The zero-order valence-corrected chi connectivity index (χ0v) is 17.0. The lowest BCUT2D eigenvalue weighted by Gasteiger charge is -2.18. The van der Waals surface area contributed by atoms with E-state index in [1.54, 1.807) is 6.07 Å². The summed E-state index contributed by atoms with van der Waals surface area (Å²) in [5.74, 6) is -0.241. The Kier molecular flexibility index (Phi) is 6.55. The lowest BCUT2D eigenvalue weighted by atomic mass is 10.1. The number of nitrogens with two attached hydrogens (primary N) is 1. The summed E-state index contributed by atoms with van der Waals surface area (Å²) >= 11 is 19.6. The highest BCUT2D eigenvalue weighted by molar-refractivity contribution is 8.00. The Morgan fingerprint density at radius 2 is 1.52 bits per heavy atom. The van der Waals surface area contributed by atoms with Crippen LogP contribution in [-0.2, 0) is 4.79 Å². The van der Waals surface area contributed by atoms with E-state index in [0.717, 1.165) is 10.5 Å². The molecule has 27 heavy (non-hydrogen) atoms. The number of hydrogen-bond acceptors (Lipinski definition) is 3. The van der Waals surface area contributed by atoms with Crippen molar-refractivity contribution in [1.29, 1.82) is 0 Å². The van der Waals surface area contributed by atoms with Gasteiger partial charge in [-0.3, -0.25) is 4.79 Å². The molecule has 1 atom stereocenters. The third kappa shape index (κ3) is 4.90. The molecular formula is C20H15Cl3N2OS. The summed E-state index contributed by atoms with van der Waals surface area (Å²) in [5, 5.41) is 3.27. The lowest BCUT2D eigenvalue weighted by molar-refractivity contribution is -0.115. The van der Waals surface area contributed by atoms with Gasteiger partial charge in [-0.1, -0.05) is 77.3 Å². The number of nitrogen functional groups attached to an aromatic ring is 1. The number of halogens is 3. The fourth-order valence-corrected chi connectivity index (χ4v) is 4.10. The molecule has 0 spiro atoms. The fraction of sp³-hybridized carbons (Fsp3) is 0.0500. The Bertz CT molecular complexity index is 967. The summed E-state index contributed by atoms with van der Waals surface area (Å²) < 4.78 is 0. The number of benzene rings is 3. The normalized spacial score (nSPS) is 11.8. The van der Waals surface area contributed by atoms with E-state index in [0.29, 0.717) is 26.4 Å². The molecule has 0 radical (unpaired) electrons. The molecule has 0 unspecified atom stereocenters. The van der Waals surface area contributed by atoms with E-state index in [4.69, 9.17) is 40.5 Å². The number of para-hydroxylation sites is 1. The molecule has 0 fully saturated rings. The van der Waals surface area contributed by atoms with E-state index in [1.165, 1.54) is 23.9 Å². The molecule has 3 nitrogen and oxygen atoms in total. The maximum atomic E-state index is 13.1. The summed E-state index contributed by atoms with van der Waals surface area (Å²) in [5.41, 5.74) is 7.92. The van der Waals surface area contributed by atoms with Gasteiger partial charge in [0.2, 0.25) is 5.91 Å². The van der Waals surface area contributed by atoms with Crippen LogP contribution in [0.3, 0.4) is 0 Å². The number of nitrogens with one attached hydrogen (secondary N) is 1. The van der Waals surface area contributed by atoms with Crippen molar-refractivity contribution in [2.24, 2.45) is 0 Å². The molecule has 7 heteroatoms. The molecule has 0 aliphatic heterocycles. The van der Waals surface area contributed by atoms with E-state index in [9.17, 15) is 4.79 Å². The maximum Gasteiger partial charge on any atom is 0.242 e. The van der Waals surface area contributed by atoms with Crippen LogP contribution in [0.2, 0.25) is 15.1 Å². The standard InChI is InChI=1S/C20H15Cl3N2OS/c21-13-10-15(23)17(11-14(13)22)25-20(26)19(12-6-2-1-3-7-12)27-18-9-5-4-8-16(18)24/h1-11,19H,24H2,(H,25,26)/t19-/m0/s1. The SMILES string of the molecule is Nc1ccccc1S[C@H](C(=O)Nc1cc(Cl)c(Cl)cc1Cl)c1ccccc1. The average Bonchev–Trinajstić information content (AvgIpc) is 2.66. The second-order valence-electron chi connectivity index (χ2n) is 5.68. The summed E-state index contributed by atoms with van der Waals surface area (Å²) in [7, 11) is 0. The van der Waals surface area contributed by atoms with Crippen molar-refractivity contribution >= 4 is 63.8 Å². The molecule has 0 bridgehead atoms. The maximum absolute atomic E-state index is 13.1. The molecule has 0 saturated heterocycles. The highest BCUT2D eigenvalue weighted by atomic mass is 35.5. The van der Waals surface area contributed by atoms with Crippen LogP contribution in [0, 0.1) is 0 Å². The van der Waals surface area contributed by atoms with Crippen molar-refractivity contribution in [2.75, 3.05) is 11.1 Å². The molecule has 3 rings (SSSR count). The number of carbonyl (C=O) groups is 1. The van der Waals surface area contributed by atoms with Gasteiger partial charge in [0, 0.05) is 10.6 Å². The monoisotopic (exact) mass is 436 g/mol. The van der Waals surface area contributed by atoms with Crippen molar-refractivity contribution in [3.8, 4) is 0 Å². The van der Waals surface area contributed by atoms with Gasteiger partial charge in [-0.05, 0) is 29.8 Å². The van der Waals surface area contributed by atoms with Crippen LogP contribution in [0.25, 0.3) is 0 Å². The average molecular weight is 438 g/mol. The van der Waals surface area contributed by atoms with E-state index in [2.05, 4.69) is 5.32 Å². The lowest BCUT2D eigenvalue weighted by Crippen LogP contribution is -2.19. The minimum absolute atomic E-state index is 0.241. The van der Waals surface area contributed by atoms with E-state index in [1.807, 2.05) is 48.5 Å². The summed E-state index contributed by atoms with van der Waals surface area (Å²) in [6.45, 7) is 0. The van der Waals surface area contributed by atoms with Gasteiger partial charge in [0.15, 0.2) is 0 Å². The molecule has 3 aromatic carbocycles. The summed E-state index contributed by atoms with van der Waals surface area (Å²) in [4.78, 5) is 13.9. The quantitative estimate of drug-likeness (QED) is 0.265. The topological polar surface area (TPSA) is 55.1 Å². The Balaban J connectivity index is 1.92. The van der Waals surface area contributed by atoms with Crippen LogP contribution in [0.4, 0.5) is 11.4 Å². The highest BCUT2D eigenvalue weighted by Gasteiger charge is 2.24. The van der Waals surface area contributed by atoms with Crippen LogP contribution in [0.1, 0.15) is 10.8 Å². The predicted molar refractivity (Wildman–Crippen MR) is 116 cm³/mol. The first-order valence-corrected chi connectivity index (χ1v) is 9.98. The molecule has 0 aliphatic rings. The van der Waals surface area contributed by atoms with Crippen molar-refractivity contribution in [3.05, 3.63) is 87.4 Å². The van der Waals surface area contributed by atoms with Crippen LogP contribution in [-0.4, -0.2) is 5.91 Å². The van der Waals surface area contributed by atoms with E-state index in [-0.39, 0.29) is 5.91 Å². The third-order valence-corrected chi connectivity index (χ3v) is 6.15. The molecule has 1 amide bonds. The van der Waals surface area contributed by atoms with Crippen LogP contribution in [0.15, 0.2) is 71.6 Å². The molecule has 0 heterocycles. The molecule has 3 aromatic rings. The number of thioether (sulfide) groups is 1. The van der Waals surface area contributed by atoms with Gasteiger partial charge in [-0.25, -0.2) is 0 Å². The van der Waals surface area contributed by atoms with Gasteiger partial charge in [0.1, 0.15) is 5.25 Å². The number of carbonyl (C=O) groups excluding carboxylic acids is 1. The van der Waals surface area contributed by atoms with Gasteiger partial charge < -0.3 is 11.1 Å². The highest BCUT2D eigenvalue weighted by Crippen LogP contribution is 2.40. The van der Waals surface area contributed by atoms with Crippen molar-refractivity contribution < 1.29 is 4.79 Å². The van der Waals surface area contributed by atoms with Crippen LogP contribution < -0.4 is 11.1 Å². The Labute approximate surface area is 176 Å². The molecule has 0 aromatic heterocycles. The fourth-order valence-electron chi connectivity index (χ4n) is 2.43. The zero-order valence-electron chi connectivity index (χ0n) is 14.0. The minimum Gasteiger partial charge on any atom is -0.398 e. The predicted octanol–water partition coefficient (Wildman–Crippen LogP) is 6.70.